The van der Waals surface area contributed by atoms with Crippen LogP contribution in [0.25, 0.3) is 22.3 Å². The first-order chi connectivity index (χ1) is 23.7. The van der Waals surface area contributed by atoms with Crippen LogP contribution in [-0.4, -0.2) is 29.5 Å². The van der Waals surface area contributed by atoms with Crippen LogP contribution in [0.4, 0.5) is 5.69 Å². The summed E-state index contributed by atoms with van der Waals surface area (Å²) in [4.78, 5) is 0. The Hall–Kier alpha value is -2.32. The number of hydrogen-bond donors (Lipinski definition) is 1. The van der Waals surface area contributed by atoms with Gasteiger partial charge in [0.1, 0.15) is 0 Å². The fraction of sp³-hybridized carbons (Fsp3) is 0.478. The Balaban J connectivity index is 0.000000603. The topological polar surface area (TPSA) is 83.2 Å². The molecule has 0 heterocycles. The third-order valence-corrected chi connectivity index (χ3v) is 13.3. The van der Waals surface area contributed by atoms with Crippen molar-refractivity contribution >= 4 is 29.0 Å². The molecule has 0 amide bonds. The van der Waals surface area contributed by atoms with Crippen molar-refractivity contribution in [3.63, 3.8) is 0 Å². The van der Waals surface area contributed by atoms with Crippen molar-refractivity contribution in [2.24, 2.45) is 0 Å². The molecule has 0 aliphatic heterocycles. The molecule has 0 saturated heterocycles. The molecule has 0 radical (unpaired) electrons. The smallest absolute Gasteiger partial charge is 0.748 e. The summed E-state index contributed by atoms with van der Waals surface area (Å²) in [6, 6.07) is 23.8. The number of benzene rings is 4. The summed E-state index contributed by atoms with van der Waals surface area (Å²) < 4.78 is 27.2. The summed E-state index contributed by atoms with van der Waals surface area (Å²) in [5.41, 5.74) is 22.3. The summed E-state index contributed by atoms with van der Waals surface area (Å²) in [6.45, 7) is 38.5. The first kappa shape index (κ1) is 48.7. The third-order valence-electron chi connectivity index (χ3n) is 9.56. The van der Waals surface area contributed by atoms with Crippen molar-refractivity contribution in [1.82, 2.24) is 0 Å². The Morgan fingerprint density at radius 2 is 1.11 bits per heavy atom. The average molecular weight is 850 g/mol. The predicted octanol–water partition coefficient (Wildman–Crippen LogP) is 12.6. The van der Waals surface area contributed by atoms with Crippen molar-refractivity contribution in [3.8, 4) is 22.3 Å². The van der Waals surface area contributed by atoms with Crippen LogP contribution in [0.15, 0.2) is 60.7 Å². The Morgan fingerprint density at radius 1 is 0.679 bits per heavy atom. The quantitative estimate of drug-likeness (QED) is 0.0689. The number of nitrogen functional groups attached to an aromatic ring is 1. The molecule has 0 spiro atoms. The zero-order valence-corrected chi connectivity index (χ0v) is 38.7. The van der Waals surface area contributed by atoms with Gasteiger partial charge in [0.15, 0.2) is 0 Å². The molecule has 2 N–H and O–H groups in total. The standard InChI is InChI=1S/C33H53P.C12H10N.CH4O3S.Pd/c1-19(2)26-17-27(20(3)4)30(28(18-26)21(5)6)29-24(9)22(7)23(8)25(10)31(29)34(32(11,12)13)33(14,15)16;13-12-9-5-4-8-11(12)10-6-2-1-3-7-10;1-5(2,3)4;/h17-21H,1-16H3;1-6,8-9H,13H2;1H3,(H,2,3,4);/q;-1;;+2/p-1. The first-order valence-electron chi connectivity index (χ1n) is 18.5. The minimum Gasteiger partial charge on any atom is -0.748 e. The molecule has 0 aromatic heterocycles. The molecular formula is C46H66NO3PPdS. The van der Waals surface area contributed by atoms with E-state index in [1.54, 1.807) is 10.9 Å². The molecule has 4 aromatic rings. The minimum atomic E-state index is -3.92. The van der Waals surface area contributed by atoms with Gasteiger partial charge in [0.25, 0.3) is 0 Å². The molecular weight excluding hydrogens is 784 g/mol. The predicted molar refractivity (Wildman–Crippen MR) is 230 cm³/mol. The van der Waals surface area contributed by atoms with Crippen molar-refractivity contribution in [3.05, 3.63) is 106 Å². The maximum atomic E-state index is 9.08. The summed E-state index contributed by atoms with van der Waals surface area (Å²) in [7, 11) is -4.35. The van der Waals surface area contributed by atoms with Crippen LogP contribution >= 0.6 is 7.92 Å². The normalized spacial score (nSPS) is 12.0. The van der Waals surface area contributed by atoms with Gasteiger partial charge in [-0.3, -0.25) is 0 Å². The van der Waals surface area contributed by atoms with Gasteiger partial charge in [0.2, 0.25) is 0 Å². The Kier molecular flexibility index (Phi) is 17.9. The molecule has 0 atom stereocenters. The van der Waals surface area contributed by atoms with Gasteiger partial charge < -0.3 is 10.3 Å². The molecule has 4 nitrogen and oxygen atoms in total. The van der Waals surface area contributed by atoms with Gasteiger partial charge in [-0.05, 0) is 123 Å². The van der Waals surface area contributed by atoms with Crippen molar-refractivity contribution in [1.29, 1.82) is 0 Å². The van der Waals surface area contributed by atoms with Crippen LogP contribution in [-0.2, 0) is 30.5 Å². The van der Waals surface area contributed by atoms with Crippen molar-refractivity contribution in [2.75, 3.05) is 12.0 Å². The largest absolute Gasteiger partial charge is 2.00 e. The molecule has 4 rings (SSSR count). The molecule has 53 heavy (non-hydrogen) atoms. The molecule has 7 heteroatoms. The van der Waals surface area contributed by atoms with Crippen LogP contribution in [0.2, 0.25) is 0 Å². The van der Waals surface area contributed by atoms with E-state index in [1.807, 2.05) is 48.5 Å². The van der Waals surface area contributed by atoms with E-state index in [0.717, 1.165) is 16.8 Å². The average Bonchev–Trinajstić information content (AvgIpc) is 3.01. The molecule has 0 aliphatic carbocycles. The van der Waals surface area contributed by atoms with Gasteiger partial charge in [-0.1, -0.05) is 127 Å². The van der Waals surface area contributed by atoms with Crippen LogP contribution in [0, 0.1) is 33.8 Å². The maximum Gasteiger partial charge on any atom is 2.00 e. The number of rotatable bonds is 6. The third kappa shape index (κ3) is 13.1. The van der Waals surface area contributed by atoms with E-state index in [0.29, 0.717) is 24.0 Å². The fourth-order valence-electron chi connectivity index (χ4n) is 7.10. The van der Waals surface area contributed by atoms with E-state index in [2.05, 4.69) is 129 Å². The summed E-state index contributed by atoms with van der Waals surface area (Å²) in [5, 5.41) is 2.08. The number of nitrogens with two attached hydrogens (primary N) is 1. The Morgan fingerprint density at radius 3 is 1.49 bits per heavy atom. The summed E-state index contributed by atoms with van der Waals surface area (Å²) in [6.07, 6.45) is 0.604. The van der Waals surface area contributed by atoms with Crippen LogP contribution in [0.1, 0.15) is 140 Å². The minimum absolute atomic E-state index is 0. The number of anilines is 1. The van der Waals surface area contributed by atoms with E-state index >= 15 is 0 Å². The fourth-order valence-corrected chi connectivity index (χ4v) is 11.5. The molecule has 4 aromatic carbocycles. The molecule has 294 valence electrons. The van der Waals surface area contributed by atoms with Gasteiger partial charge in [0, 0.05) is 6.26 Å². The second-order valence-corrected chi connectivity index (χ2v) is 22.2. The molecule has 0 saturated carbocycles. The Labute approximate surface area is 339 Å². The van der Waals surface area contributed by atoms with Gasteiger partial charge in [-0.25, -0.2) is 8.42 Å². The van der Waals surface area contributed by atoms with Crippen LogP contribution in [0.3, 0.4) is 0 Å². The maximum absolute atomic E-state index is 9.08. The van der Waals surface area contributed by atoms with Crippen LogP contribution in [0.5, 0.6) is 0 Å². The molecule has 0 bridgehead atoms. The van der Waals surface area contributed by atoms with Gasteiger partial charge >= 0.3 is 20.4 Å². The number of para-hydroxylation sites is 1. The van der Waals surface area contributed by atoms with E-state index in [9.17, 15) is 0 Å². The second kappa shape index (κ2) is 19.5. The van der Waals surface area contributed by atoms with Gasteiger partial charge in [-0.15, -0.1) is 35.9 Å². The van der Waals surface area contributed by atoms with Crippen molar-refractivity contribution < 1.29 is 33.4 Å². The van der Waals surface area contributed by atoms with Gasteiger partial charge in [0.05, 0.1) is 10.1 Å². The molecule has 0 unspecified atom stereocenters. The zero-order chi connectivity index (χ0) is 40.1. The van der Waals surface area contributed by atoms with Crippen LogP contribution < -0.4 is 11.0 Å². The van der Waals surface area contributed by atoms with E-state index in [1.165, 1.54) is 44.5 Å². The summed E-state index contributed by atoms with van der Waals surface area (Å²) in [5.74, 6) is 1.50. The van der Waals surface area contributed by atoms with Gasteiger partial charge in [-0.2, -0.15) is 0 Å². The first-order valence-corrected chi connectivity index (χ1v) is 21.7. The second-order valence-electron chi connectivity index (χ2n) is 17.0. The molecule has 0 aliphatic rings. The number of hydrogen-bond acceptors (Lipinski definition) is 4. The molecule has 0 fully saturated rings. The van der Waals surface area contributed by atoms with E-state index in [4.69, 9.17) is 18.7 Å². The monoisotopic (exact) mass is 849 g/mol. The van der Waals surface area contributed by atoms with E-state index in [-0.39, 0.29) is 30.7 Å². The van der Waals surface area contributed by atoms with Crippen molar-refractivity contribution in [2.45, 2.75) is 139 Å². The summed E-state index contributed by atoms with van der Waals surface area (Å²) >= 11 is 0. The SMILES string of the molecule is CS(=O)(=O)[O-].Cc1c(C)c(C)c(P(C(C)(C)C)C(C)(C)C)c(-c2c(C(C)C)cc(C(C)C)cc2C(C)C)c1C.Nc1ccccc1-c1[c-]cccc1.[Pd+2]. The zero-order valence-electron chi connectivity index (χ0n) is 35.5. The Bertz CT molecular complexity index is 1870. The van der Waals surface area contributed by atoms with E-state index < -0.39 is 18.0 Å².